The van der Waals surface area contributed by atoms with Crippen LogP contribution in [-0.4, -0.2) is 37.4 Å². The zero-order valence-corrected chi connectivity index (χ0v) is 16.7. The molecule has 2 aromatic carbocycles. The van der Waals surface area contributed by atoms with Crippen molar-refractivity contribution in [1.82, 2.24) is 4.90 Å². The molecule has 2 N–H and O–H groups in total. The number of rotatable bonds is 6. The number of hydrogen-bond acceptors (Lipinski definition) is 3. The first-order chi connectivity index (χ1) is 13.1. The Morgan fingerprint density at radius 2 is 1.46 bits per heavy atom. The van der Waals surface area contributed by atoms with Crippen molar-refractivity contribution in [2.75, 3.05) is 31.3 Å². The van der Waals surface area contributed by atoms with Gasteiger partial charge in [-0.25, -0.2) is 4.39 Å². The second-order valence-corrected chi connectivity index (χ2v) is 8.29. The van der Waals surface area contributed by atoms with Gasteiger partial charge in [0, 0.05) is 11.4 Å². The third-order valence-corrected chi connectivity index (χ3v) is 5.35. The summed E-state index contributed by atoms with van der Waals surface area (Å²) >= 11 is 0. The number of amides is 2. The highest BCUT2D eigenvalue weighted by Gasteiger charge is 2.67. The Labute approximate surface area is 164 Å². The Morgan fingerprint density at radius 1 is 0.964 bits per heavy atom. The summed E-state index contributed by atoms with van der Waals surface area (Å²) in [7, 11) is 3.66. The number of likely N-dealkylation sites (N-methyl/N-ethyl adjacent to an activating group) is 1. The number of hydrogen-bond donors (Lipinski definition) is 2. The van der Waals surface area contributed by atoms with Crippen LogP contribution >= 0.6 is 0 Å². The maximum atomic E-state index is 13.3. The van der Waals surface area contributed by atoms with E-state index in [-0.39, 0.29) is 23.0 Å². The fourth-order valence-corrected chi connectivity index (χ4v) is 3.73. The first-order valence-electron chi connectivity index (χ1n) is 9.26. The molecule has 3 rings (SSSR count). The average molecular weight is 383 g/mol. The molecule has 0 spiro atoms. The van der Waals surface area contributed by atoms with E-state index < -0.39 is 5.41 Å². The van der Waals surface area contributed by atoms with Gasteiger partial charge in [0.15, 0.2) is 0 Å². The minimum absolute atomic E-state index is 0.100. The monoisotopic (exact) mass is 383 g/mol. The maximum absolute atomic E-state index is 13.3. The molecule has 0 aliphatic heterocycles. The van der Waals surface area contributed by atoms with Crippen molar-refractivity contribution in [3.8, 4) is 0 Å². The number of benzene rings is 2. The van der Waals surface area contributed by atoms with E-state index in [1.807, 2.05) is 27.9 Å². The van der Waals surface area contributed by atoms with Crippen LogP contribution in [0.4, 0.5) is 15.8 Å². The predicted octanol–water partition coefficient (Wildman–Crippen LogP) is 3.63. The molecule has 1 aliphatic carbocycles. The highest BCUT2D eigenvalue weighted by Crippen LogP contribution is 2.64. The molecule has 2 aromatic rings. The van der Waals surface area contributed by atoms with Crippen LogP contribution in [0.1, 0.15) is 25.8 Å². The largest absolute Gasteiger partial charge is 0.325 e. The van der Waals surface area contributed by atoms with Crippen molar-refractivity contribution in [3.05, 3.63) is 59.9 Å². The SMILES string of the molecule is CN(C)CC(=O)Nc1ccc(NC(=O)C2(c3ccc(F)cc3)CC2(C)C)cc1. The summed E-state index contributed by atoms with van der Waals surface area (Å²) < 4.78 is 13.3. The molecule has 1 atom stereocenters. The fraction of sp³-hybridized carbons (Fsp3) is 0.364. The number of halogens is 1. The Kier molecular flexibility index (Phi) is 5.26. The third-order valence-electron chi connectivity index (χ3n) is 5.35. The molecule has 5 nitrogen and oxygen atoms in total. The Bertz CT molecular complexity index is 876. The van der Waals surface area contributed by atoms with E-state index in [0.717, 1.165) is 5.56 Å². The summed E-state index contributed by atoms with van der Waals surface area (Å²) in [6.07, 6.45) is 0.705. The molecule has 0 radical (unpaired) electrons. The maximum Gasteiger partial charge on any atom is 0.238 e. The van der Waals surface area contributed by atoms with Gasteiger partial charge in [0.2, 0.25) is 11.8 Å². The highest BCUT2D eigenvalue weighted by molar-refractivity contribution is 6.03. The lowest BCUT2D eigenvalue weighted by molar-refractivity contribution is -0.119. The fourth-order valence-electron chi connectivity index (χ4n) is 3.73. The zero-order chi connectivity index (χ0) is 20.5. The molecule has 0 bridgehead atoms. The second-order valence-electron chi connectivity index (χ2n) is 8.29. The summed E-state index contributed by atoms with van der Waals surface area (Å²) in [6.45, 7) is 4.38. The van der Waals surface area contributed by atoms with E-state index in [4.69, 9.17) is 0 Å². The van der Waals surface area contributed by atoms with Gasteiger partial charge in [-0.05, 0) is 67.9 Å². The number of nitrogens with one attached hydrogen (secondary N) is 2. The van der Waals surface area contributed by atoms with Crippen molar-refractivity contribution in [3.63, 3.8) is 0 Å². The molecule has 1 saturated carbocycles. The summed E-state index contributed by atoms with van der Waals surface area (Å²) in [4.78, 5) is 26.7. The van der Waals surface area contributed by atoms with Crippen LogP contribution in [0.3, 0.4) is 0 Å². The van der Waals surface area contributed by atoms with Crippen molar-refractivity contribution < 1.29 is 14.0 Å². The first-order valence-corrected chi connectivity index (χ1v) is 9.26. The summed E-state index contributed by atoms with van der Waals surface area (Å²) in [6, 6.07) is 13.2. The standard InChI is InChI=1S/C22H26FN3O2/c1-21(2)14-22(21,15-5-7-16(23)8-6-15)20(28)25-18-11-9-17(10-12-18)24-19(27)13-26(3)4/h5-12H,13-14H2,1-4H3,(H,24,27)(H,25,28). The molecule has 6 heteroatoms. The molecule has 0 heterocycles. The van der Waals surface area contributed by atoms with Gasteiger partial charge in [0.05, 0.1) is 12.0 Å². The average Bonchev–Trinajstić information content (AvgIpc) is 3.20. The summed E-state index contributed by atoms with van der Waals surface area (Å²) in [5.74, 6) is -0.519. The third kappa shape index (κ3) is 3.92. The van der Waals surface area contributed by atoms with Crippen LogP contribution in [-0.2, 0) is 15.0 Å². The van der Waals surface area contributed by atoms with Crippen molar-refractivity contribution >= 4 is 23.2 Å². The van der Waals surface area contributed by atoms with E-state index in [9.17, 15) is 14.0 Å². The lowest BCUT2D eigenvalue weighted by atomic mass is 9.87. The highest BCUT2D eigenvalue weighted by atomic mass is 19.1. The van der Waals surface area contributed by atoms with E-state index in [2.05, 4.69) is 10.6 Å². The minimum atomic E-state index is -0.667. The topological polar surface area (TPSA) is 61.4 Å². The van der Waals surface area contributed by atoms with E-state index in [1.165, 1.54) is 12.1 Å². The quantitative estimate of drug-likeness (QED) is 0.801. The molecular weight excluding hydrogens is 357 g/mol. The number of nitrogens with zero attached hydrogens (tertiary/aromatic N) is 1. The number of carbonyl (C=O) groups is 2. The van der Waals surface area contributed by atoms with E-state index in [0.29, 0.717) is 24.3 Å². The van der Waals surface area contributed by atoms with Gasteiger partial charge in [-0.3, -0.25) is 9.59 Å². The van der Waals surface area contributed by atoms with Crippen LogP contribution in [0, 0.1) is 11.2 Å². The second kappa shape index (κ2) is 7.36. The molecule has 0 saturated heterocycles. The molecule has 1 unspecified atom stereocenters. The van der Waals surface area contributed by atoms with Gasteiger partial charge in [0.25, 0.3) is 0 Å². The molecule has 0 aromatic heterocycles. The van der Waals surface area contributed by atoms with Gasteiger partial charge in [-0.15, -0.1) is 0 Å². The number of carbonyl (C=O) groups excluding carboxylic acids is 2. The summed E-state index contributed by atoms with van der Waals surface area (Å²) in [5.41, 5.74) is 1.28. The zero-order valence-electron chi connectivity index (χ0n) is 16.7. The van der Waals surface area contributed by atoms with E-state index in [1.54, 1.807) is 41.3 Å². The smallest absolute Gasteiger partial charge is 0.238 e. The Hall–Kier alpha value is -2.73. The normalized spacial score (nSPS) is 19.9. The van der Waals surface area contributed by atoms with Crippen LogP contribution in [0.25, 0.3) is 0 Å². The Morgan fingerprint density at radius 3 is 1.93 bits per heavy atom. The van der Waals surface area contributed by atoms with Gasteiger partial charge < -0.3 is 15.5 Å². The number of anilines is 2. The summed E-state index contributed by atoms with van der Waals surface area (Å²) in [5, 5.41) is 5.78. The van der Waals surface area contributed by atoms with Crippen LogP contribution in [0.15, 0.2) is 48.5 Å². The lowest BCUT2D eigenvalue weighted by Gasteiger charge is -2.21. The predicted molar refractivity (Wildman–Crippen MR) is 109 cm³/mol. The molecule has 148 valence electrons. The molecule has 1 aliphatic rings. The minimum Gasteiger partial charge on any atom is -0.325 e. The van der Waals surface area contributed by atoms with Crippen molar-refractivity contribution in [1.29, 1.82) is 0 Å². The first kappa shape index (κ1) is 20.0. The van der Waals surface area contributed by atoms with Crippen molar-refractivity contribution in [2.24, 2.45) is 5.41 Å². The van der Waals surface area contributed by atoms with Gasteiger partial charge in [0.1, 0.15) is 5.82 Å². The van der Waals surface area contributed by atoms with Crippen LogP contribution < -0.4 is 10.6 Å². The van der Waals surface area contributed by atoms with E-state index >= 15 is 0 Å². The van der Waals surface area contributed by atoms with Gasteiger partial charge in [-0.1, -0.05) is 26.0 Å². The molecular formula is C22H26FN3O2. The molecule has 1 fully saturated rings. The lowest BCUT2D eigenvalue weighted by Crippen LogP contribution is -2.32. The van der Waals surface area contributed by atoms with Crippen LogP contribution in [0.5, 0.6) is 0 Å². The molecule has 2 amide bonds. The van der Waals surface area contributed by atoms with Gasteiger partial charge >= 0.3 is 0 Å². The van der Waals surface area contributed by atoms with Crippen LogP contribution in [0.2, 0.25) is 0 Å². The molecule has 28 heavy (non-hydrogen) atoms. The van der Waals surface area contributed by atoms with Gasteiger partial charge in [-0.2, -0.15) is 0 Å². The Balaban J connectivity index is 1.71. The van der Waals surface area contributed by atoms with Crippen molar-refractivity contribution in [2.45, 2.75) is 25.7 Å².